The zero-order valence-corrected chi connectivity index (χ0v) is 14.5. The van der Waals surface area contributed by atoms with E-state index in [9.17, 15) is 9.59 Å². The zero-order chi connectivity index (χ0) is 17.5. The minimum Gasteiger partial charge on any atom is -0.483 e. The smallest absolute Gasteiger partial charge is 0.303 e. The summed E-state index contributed by atoms with van der Waals surface area (Å²) in [5.41, 5.74) is 2.21. The highest BCUT2D eigenvalue weighted by Crippen LogP contribution is 2.20. The molecular weight excluding hydrogens is 308 g/mol. The lowest BCUT2D eigenvalue weighted by Crippen LogP contribution is -2.50. The molecule has 2 rings (SSSR count). The van der Waals surface area contributed by atoms with Crippen LogP contribution < -0.4 is 4.74 Å². The molecule has 0 atom stereocenters. The molecule has 1 aromatic carbocycles. The molecule has 1 aromatic rings. The van der Waals surface area contributed by atoms with Gasteiger partial charge in [-0.25, -0.2) is 0 Å². The molecule has 0 bridgehead atoms. The fraction of sp³-hybridized carbons (Fsp3) is 0.556. The molecule has 132 valence electrons. The highest BCUT2D eigenvalue weighted by Gasteiger charge is 2.21. The average Bonchev–Trinajstić information content (AvgIpc) is 2.56. The largest absolute Gasteiger partial charge is 0.483 e. The third-order valence-electron chi connectivity index (χ3n) is 4.50. The second-order valence-corrected chi connectivity index (χ2v) is 6.21. The van der Waals surface area contributed by atoms with Gasteiger partial charge in [0.2, 0.25) is 0 Å². The minimum absolute atomic E-state index is 0.00101. The number of hydrogen-bond donors (Lipinski definition) is 1. The molecule has 24 heavy (non-hydrogen) atoms. The molecule has 1 aliphatic heterocycles. The van der Waals surface area contributed by atoms with Crippen LogP contribution in [0.15, 0.2) is 18.2 Å². The molecule has 1 N–H and O–H groups in total. The number of hydrogen-bond acceptors (Lipinski definition) is 4. The number of rotatable bonds is 7. The molecular formula is C18H26N2O4. The van der Waals surface area contributed by atoms with Crippen LogP contribution in [-0.2, 0) is 9.59 Å². The highest BCUT2D eigenvalue weighted by atomic mass is 16.5. The maximum Gasteiger partial charge on any atom is 0.303 e. The Hall–Kier alpha value is -2.08. The van der Waals surface area contributed by atoms with Crippen molar-refractivity contribution in [3.05, 3.63) is 29.3 Å². The summed E-state index contributed by atoms with van der Waals surface area (Å²) in [6.45, 7) is 7.75. The van der Waals surface area contributed by atoms with Gasteiger partial charge in [0.25, 0.3) is 5.91 Å². The van der Waals surface area contributed by atoms with Gasteiger partial charge >= 0.3 is 5.97 Å². The molecule has 1 saturated heterocycles. The van der Waals surface area contributed by atoms with Gasteiger partial charge in [0.1, 0.15) is 5.75 Å². The molecule has 0 spiro atoms. The Balaban J connectivity index is 1.73. The molecule has 6 nitrogen and oxygen atoms in total. The van der Waals surface area contributed by atoms with Crippen molar-refractivity contribution in [3.8, 4) is 5.75 Å². The zero-order valence-electron chi connectivity index (χ0n) is 14.5. The van der Waals surface area contributed by atoms with Crippen LogP contribution in [0.3, 0.4) is 0 Å². The lowest BCUT2D eigenvalue weighted by molar-refractivity contribution is -0.137. The first kappa shape index (κ1) is 18.3. The summed E-state index contributed by atoms with van der Waals surface area (Å²) in [6.07, 6.45) is 0.849. The van der Waals surface area contributed by atoms with Crippen molar-refractivity contribution in [1.82, 2.24) is 9.80 Å². The van der Waals surface area contributed by atoms with Crippen LogP contribution in [0, 0.1) is 13.8 Å². The van der Waals surface area contributed by atoms with Gasteiger partial charge in [-0.3, -0.25) is 14.5 Å². The number of amides is 1. The van der Waals surface area contributed by atoms with E-state index in [1.54, 1.807) is 0 Å². The fourth-order valence-corrected chi connectivity index (χ4v) is 2.79. The van der Waals surface area contributed by atoms with Crippen molar-refractivity contribution in [2.75, 3.05) is 39.3 Å². The topological polar surface area (TPSA) is 70.1 Å². The maximum atomic E-state index is 12.3. The third kappa shape index (κ3) is 5.23. The van der Waals surface area contributed by atoms with E-state index in [1.807, 2.05) is 36.9 Å². The predicted molar refractivity (Wildman–Crippen MR) is 91.3 cm³/mol. The highest BCUT2D eigenvalue weighted by molar-refractivity contribution is 5.78. The molecule has 1 amide bonds. The SMILES string of the molecule is Cc1cccc(OCC(=O)N2CCN(CCCC(=O)O)CC2)c1C. The van der Waals surface area contributed by atoms with E-state index in [1.165, 1.54) is 0 Å². The van der Waals surface area contributed by atoms with Crippen molar-refractivity contribution < 1.29 is 19.4 Å². The number of carboxylic acids is 1. The third-order valence-corrected chi connectivity index (χ3v) is 4.50. The Labute approximate surface area is 143 Å². The van der Waals surface area contributed by atoms with Gasteiger partial charge in [-0.15, -0.1) is 0 Å². The molecule has 0 aromatic heterocycles. The van der Waals surface area contributed by atoms with Gasteiger partial charge < -0.3 is 14.7 Å². The molecule has 0 aliphatic carbocycles. The second kappa shape index (κ2) is 8.68. The summed E-state index contributed by atoms with van der Waals surface area (Å²) in [7, 11) is 0. The van der Waals surface area contributed by atoms with Crippen LogP contribution in [0.2, 0.25) is 0 Å². The number of carboxylic acid groups (broad SMARTS) is 1. The summed E-state index contributed by atoms with van der Waals surface area (Å²) in [4.78, 5) is 26.8. The lowest BCUT2D eigenvalue weighted by atomic mass is 10.1. The first-order valence-electron chi connectivity index (χ1n) is 8.38. The number of aliphatic carboxylic acids is 1. The van der Waals surface area contributed by atoms with Gasteiger partial charge in [-0.05, 0) is 44.0 Å². The van der Waals surface area contributed by atoms with Gasteiger partial charge in [-0.1, -0.05) is 12.1 Å². The number of carbonyl (C=O) groups is 2. The van der Waals surface area contributed by atoms with Crippen molar-refractivity contribution in [2.45, 2.75) is 26.7 Å². The van der Waals surface area contributed by atoms with E-state index in [2.05, 4.69) is 4.90 Å². The minimum atomic E-state index is -0.757. The van der Waals surface area contributed by atoms with E-state index >= 15 is 0 Å². The average molecular weight is 334 g/mol. The van der Waals surface area contributed by atoms with Crippen molar-refractivity contribution in [3.63, 3.8) is 0 Å². The molecule has 0 radical (unpaired) electrons. The number of piperazine rings is 1. The summed E-state index contributed by atoms with van der Waals surface area (Å²) in [5, 5.41) is 8.66. The predicted octanol–water partition coefficient (Wildman–Crippen LogP) is 1.69. The number of benzene rings is 1. The van der Waals surface area contributed by atoms with Crippen LogP contribution >= 0.6 is 0 Å². The van der Waals surface area contributed by atoms with E-state index in [-0.39, 0.29) is 18.9 Å². The van der Waals surface area contributed by atoms with E-state index in [0.717, 1.165) is 36.5 Å². The van der Waals surface area contributed by atoms with Crippen LogP contribution in [0.25, 0.3) is 0 Å². The van der Waals surface area contributed by atoms with Gasteiger partial charge in [0.15, 0.2) is 6.61 Å². The van der Waals surface area contributed by atoms with Crippen LogP contribution in [0.5, 0.6) is 5.75 Å². The Morgan fingerprint density at radius 3 is 2.54 bits per heavy atom. The number of ether oxygens (including phenoxy) is 1. The molecule has 6 heteroatoms. The molecule has 1 heterocycles. The van der Waals surface area contributed by atoms with Gasteiger partial charge in [0, 0.05) is 32.6 Å². The summed E-state index contributed by atoms with van der Waals surface area (Å²) in [5.74, 6) is 0.00385. The molecule has 0 saturated carbocycles. The summed E-state index contributed by atoms with van der Waals surface area (Å²) >= 11 is 0. The first-order chi connectivity index (χ1) is 11.5. The van der Waals surface area contributed by atoms with E-state index in [4.69, 9.17) is 9.84 Å². The number of carbonyl (C=O) groups excluding carboxylic acids is 1. The van der Waals surface area contributed by atoms with Crippen molar-refractivity contribution in [1.29, 1.82) is 0 Å². The molecule has 0 unspecified atom stereocenters. The Kier molecular flexibility index (Phi) is 6.61. The Morgan fingerprint density at radius 2 is 1.88 bits per heavy atom. The second-order valence-electron chi connectivity index (χ2n) is 6.21. The van der Waals surface area contributed by atoms with Crippen LogP contribution in [0.1, 0.15) is 24.0 Å². The van der Waals surface area contributed by atoms with Crippen molar-refractivity contribution >= 4 is 11.9 Å². The van der Waals surface area contributed by atoms with E-state index in [0.29, 0.717) is 19.5 Å². The van der Waals surface area contributed by atoms with Gasteiger partial charge in [0.05, 0.1) is 0 Å². The summed E-state index contributed by atoms with van der Waals surface area (Å²) in [6, 6.07) is 5.83. The van der Waals surface area contributed by atoms with E-state index < -0.39 is 5.97 Å². The standard InChI is InChI=1S/C18H26N2O4/c1-14-5-3-6-16(15(14)2)24-13-17(21)20-11-9-19(10-12-20)8-4-7-18(22)23/h3,5-6H,4,7-13H2,1-2H3,(H,22,23). The molecule has 1 aliphatic rings. The fourth-order valence-electron chi connectivity index (χ4n) is 2.79. The normalized spacial score (nSPS) is 15.3. The summed E-state index contributed by atoms with van der Waals surface area (Å²) < 4.78 is 5.68. The Bertz CT molecular complexity index is 580. The number of nitrogens with zero attached hydrogens (tertiary/aromatic N) is 2. The maximum absolute atomic E-state index is 12.3. The number of aryl methyl sites for hydroxylation is 1. The first-order valence-corrected chi connectivity index (χ1v) is 8.38. The quantitative estimate of drug-likeness (QED) is 0.822. The van der Waals surface area contributed by atoms with Gasteiger partial charge in [-0.2, -0.15) is 0 Å². The lowest BCUT2D eigenvalue weighted by Gasteiger charge is -2.34. The van der Waals surface area contributed by atoms with Crippen LogP contribution in [-0.4, -0.2) is 66.1 Å². The monoisotopic (exact) mass is 334 g/mol. The Morgan fingerprint density at radius 1 is 1.17 bits per heavy atom. The molecule has 1 fully saturated rings. The van der Waals surface area contributed by atoms with Crippen molar-refractivity contribution in [2.24, 2.45) is 0 Å². The van der Waals surface area contributed by atoms with Crippen LogP contribution in [0.4, 0.5) is 0 Å².